The number of amides is 1. The lowest BCUT2D eigenvalue weighted by molar-refractivity contribution is -0.117. The van der Waals surface area contributed by atoms with Gasteiger partial charge >= 0.3 is 0 Å². The Labute approximate surface area is 78.2 Å². The SMILES string of the molecule is N#CSc1sccc1CC(N)=O. The molecule has 1 amide bonds. The summed E-state index contributed by atoms with van der Waals surface area (Å²) in [6.45, 7) is 0. The van der Waals surface area contributed by atoms with Crippen LogP contribution >= 0.6 is 23.1 Å². The van der Waals surface area contributed by atoms with Gasteiger partial charge in [0.1, 0.15) is 5.40 Å². The topological polar surface area (TPSA) is 66.9 Å². The van der Waals surface area contributed by atoms with E-state index in [1.807, 2.05) is 16.8 Å². The third-order valence-electron chi connectivity index (χ3n) is 1.21. The molecule has 0 aliphatic carbocycles. The molecule has 0 aromatic carbocycles. The molecule has 0 bridgehead atoms. The van der Waals surface area contributed by atoms with E-state index in [1.54, 1.807) is 0 Å². The van der Waals surface area contributed by atoms with Crippen molar-refractivity contribution in [2.75, 3.05) is 0 Å². The molecule has 0 spiro atoms. The van der Waals surface area contributed by atoms with Crippen LogP contribution in [0.25, 0.3) is 0 Å². The number of thiocyanates is 1. The minimum atomic E-state index is -0.367. The van der Waals surface area contributed by atoms with E-state index in [2.05, 4.69) is 0 Å². The summed E-state index contributed by atoms with van der Waals surface area (Å²) >= 11 is 2.52. The first-order valence-corrected chi connectivity index (χ1v) is 4.84. The quantitative estimate of drug-likeness (QED) is 0.589. The molecule has 1 rings (SSSR count). The molecule has 62 valence electrons. The van der Waals surface area contributed by atoms with Gasteiger partial charge in [-0.3, -0.25) is 4.79 Å². The Hall–Kier alpha value is -0.990. The standard InChI is InChI=1S/C7H6N2OS2/c8-4-12-7-5(1-2-11-7)3-6(9)10/h1-2H,3H2,(H2,9,10). The summed E-state index contributed by atoms with van der Waals surface area (Å²) in [4.78, 5) is 10.6. The van der Waals surface area contributed by atoms with E-state index >= 15 is 0 Å². The molecule has 1 heterocycles. The van der Waals surface area contributed by atoms with Gasteiger partial charge in [-0.1, -0.05) is 0 Å². The maximum absolute atomic E-state index is 10.6. The fourth-order valence-corrected chi connectivity index (χ4v) is 2.24. The van der Waals surface area contributed by atoms with Crippen molar-refractivity contribution in [2.45, 2.75) is 10.6 Å². The van der Waals surface area contributed by atoms with E-state index in [0.29, 0.717) is 0 Å². The van der Waals surface area contributed by atoms with Gasteiger partial charge in [0.25, 0.3) is 0 Å². The van der Waals surface area contributed by atoms with Crippen LogP contribution in [0.4, 0.5) is 0 Å². The molecule has 2 N–H and O–H groups in total. The predicted octanol–water partition coefficient (Wildman–Crippen LogP) is 1.35. The van der Waals surface area contributed by atoms with Crippen LogP contribution in [-0.2, 0) is 11.2 Å². The van der Waals surface area contributed by atoms with Gasteiger partial charge in [0.05, 0.1) is 10.6 Å². The molecule has 0 saturated heterocycles. The summed E-state index contributed by atoms with van der Waals surface area (Å²) in [7, 11) is 0. The number of hydrogen-bond acceptors (Lipinski definition) is 4. The number of thioether (sulfide) groups is 1. The van der Waals surface area contributed by atoms with E-state index in [9.17, 15) is 4.79 Å². The van der Waals surface area contributed by atoms with E-state index in [1.165, 1.54) is 11.3 Å². The Morgan fingerprint density at radius 3 is 3.17 bits per heavy atom. The zero-order valence-electron chi connectivity index (χ0n) is 6.11. The molecular weight excluding hydrogens is 192 g/mol. The average Bonchev–Trinajstić information content (AvgIpc) is 2.37. The largest absolute Gasteiger partial charge is 0.369 e. The number of nitrogens with zero attached hydrogens (tertiary/aromatic N) is 1. The average molecular weight is 198 g/mol. The summed E-state index contributed by atoms with van der Waals surface area (Å²) < 4.78 is 0.858. The van der Waals surface area contributed by atoms with Gasteiger partial charge in [-0.15, -0.1) is 11.3 Å². The Bertz CT molecular complexity index is 326. The van der Waals surface area contributed by atoms with Crippen LogP contribution in [0.1, 0.15) is 5.56 Å². The highest BCUT2D eigenvalue weighted by Crippen LogP contribution is 2.27. The summed E-state index contributed by atoms with van der Waals surface area (Å²) in [5.74, 6) is -0.367. The summed E-state index contributed by atoms with van der Waals surface area (Å²) in [5, 5.41) is 12.2. The normalized spacial score (nSPS) is 9.25. The molecule has 0 fully saturated rings. The molecule has 0 radical (unpaired) electrons. The first-order valence-electron chi connectivity index (χ1n) is 3.14. The number of thiophene rings is 1. The van der Waals surface area contributed by atoms with Gasteiger partial charge in [-0.25, -0.2) is 0 Å². The van der Waals surface area contributed by atoms with Crippen molar-refractivity contribution < 1.29 is 4.79 Å². The molecule has 1 aromatic heterocycles. The van der Waals surface area contributed by atoms with Crippen molar-refractivity contribution in [1.29, 1.82) is 5.26 Å². The summed E-state index contributed by atoms with van der Waals surface area (Å²) in [6.07, 6.45) is 0.216. The Morgan fingerprint density at radius 2 is 2.58 bits per heavy atom. The molecule has 3 nitrogen and oxygen atoms in total. The first-order chi connectivity index (χ1) is 5.74. The first kappa shape index (κ1) is 9.10. The van der Waals surface area contributed by atoms with Crippen molar-refractivity contribution in [1.82, 2.24) is 0 Å². The summed E-state index contributed by atoms with van der Waals surface area (Å²) in [6, 6.07) is 1.81. The highest BCUT2D eigenvalue weighted by Gasteiger charge is 2.06. The number of rotatable bonds is 3. The second-order valence-electron chi connectivity index (χ2n) is 2.07. The number of hydrogen-bond donors (Lipinski definition) is 1. The van der Waals surface area contributed by atoms with Gasteiger partial charge in [-0.2, -0.15) is 5.26 Å². The van der Waals surface area contributed by atoms with Crippen molar-refractivity contribution in [3.8, 4) is 5.40 Å². The van der Waals surface area contributed by atoms with Gasteiger partial charge < -0.3 is 5.73 Å². The maximum atomic E-state index is 10.6. The van der Waals surface area contributed by atoms with Gasteiger partial charge in [0.15, 0.2) is 0 Å². The molecule has 0 atom stereocenters. The van der Waals surface area contributed by atoms with Gasteiger partial charge in [0, 0.05) is 11.8 Å². The van der Waals surface area contributed by atoms with Crippen LogP contribution in [0, 0.1) is 10.7 Å². The molecule has 0 aliphatic rings. The Kier molecular flexibility index (Phi) is 3.14. The van der Waals surface area contributed by atoms with Gasteiger partial charge in [-0.05, 0) is 17.0 Å². The number of carbonyl (C=O) groups is 1. The fourth-order valence-electron chi connectivity index (χ4n) is 0.772. The van der Waals surface area contributed by atoms with E-state index in [-0.39, 0.29) is 12.3 Å². The van der Waals surface area contributed by atoms with Crippen molar-refractivity contribution in [2.24, 2.45) is 5.73 Å². The highest BCUT2D eigenvalue weighted by atomic mass is 32.2. The molecule has 0 aliphatic heterocycles. The predicted molar refractivity (Wildman–Crippen MR) is 48.7 cm³/mol. The third kappa shape index (κ3) is 2.26. The Balaban J connectivity index is 2.78. The van der Waals surface area contributed by atoms with E-state index in [4.69, 9.17) is 11.0 Å². The molecule has 1 aromatic rings. The van der Waals surface area contributed by atoms with Crippen LogP contribution in [-0.4, -0.2) is 5.91 Å². The fraction of sp³-hybridized carbons (Fsp3) is 0.143. The zero-order chi connectivity index (χ0) is 8.97. The lowest BCUT2D eigenvalue weighted by Crippen LogP contribution is -2.13. The van der Waals surface area contributed by atoms with Crippen molar-refractivity contribution in [3.05, 3.63) is 17.0 Å². The number of nitrogens with two attached hydrogens (primary N) is 1. The van der Waals surface area contributed by atoms with Crippen LogP contribution in [0.3, 0.4) is 0 Å². The monoisotopic (exact) mass is 198 g/mol. The minimum absolute atomic E-state index is 0.216. The second-order valence-corrected chi connectivity index (χ2v) is 4.04. The molecule has 0 saturated carbocycles. The Morgan fingerprint density at radius 1 is 1.83 bits per heavy atom. The zero-order valence-corrected chi connectivity index (χ0v) is 7.74. The lowest BCUT2D eigenvalue weighted by Gasteiger charge is -1.94. The number of primary amides is 1. The molecule has 5 heteroatoms. The highest BCUT2D eigenvalue weighted by molar-refractivity contribution is 8.05. The molecule has 12 heavy (non-hydrogen) atoms. The second kappa shape index (κ2) is 4.14. The smallest absolute Gasteiger partial charge is 0.221 e. The lowest BCUT2D eigenvalue weighted by atomic mass is 10.2. The van der Waals surface area contributed by atoms with Crippen LogP contribution in [0.15, 0.2) is 15.7 Å². The van der Waals surface area contributed by atoms with E-state index in [0.717, 1.165) is 21.5 Å². The summed E-state index contributed by atoms with van der Waals surface area (Å²) in [5.41, 5.74) is 5.87. The van der Waals surface area contributed by atoms with Crippen LogP contribution < -0.4 is 5.73 Å². The number of nitriles is 1. The van der Waals surface area contributed by atoms with Crippen molar-refractivity contribution >= 4 is 29.0 Å². The van der Waals surface area contributed by atoms with E-state index < -0.39 is 0 Å². The number of carbonyl (C=O) groups excluding carboxylic acids is 1. The molecular formula is C7H6N2OS2. The third-order valence-corrected chi connectivity index (χ3v) is 3.04. The molecule has 0 unspecified atom stereocenters. The maximum Gasteiger partial charge on any atom is 0.221 e. The van der Waals surface area contributed by atoms with Crippen LogP contribution in [0.2, 0.25) is 0 Å². The minimum Gasteiger partial charge on any atom is -0.369 e. The van der Waals surface area contributed by atoms with Gasteiger partial charge in [0.2, 0.25) is 5.91 Å². The van der Waals surface area contributed by atoms with Crippen molar-refractivity contribution in [3.63, 3.8) is 0 Å². The van der Waals surface area contributed by atoms with Crippen LogP contribution in [0.5, 0.6) is 0 Å².